The quantitative estimate of drug-likeness (QED) is 0.292. The summed E-state index contributed by atoms with van der Waals surface area (Å²) in [4.78, 5) is 29.4. The predicted molar refractivity (Wildman–Crippen MR) is 136 cm³/mol. The fraction of sp³-hybridized carbons (Fsp3) is 0.370. The van der Waals surface area contributed by atoms with Gasteiger partial charge in [-0.05, 0) is 60.1 Å². The smallest absolute Gasteiger partial charge is 0.416 e. The first-order valence-electron chi connectivity index (χ1n) is 12.5. The van der Waals surface area contributed by atoms with E-state index in [0.29, 0.717) is 40.9 Å². The number of aromatic carboxylic acids is 1. The Bertz CT molecular complexity index is 1480. The van der Waals surface area contributed by atoms with Crippen molar-refractivity contribution in [2.75, 3.05) is 11.9 Å². The molecule has 4 aromatic rings. The third-order valence-electron chi connectivity index (χ3n) is 6.88. The zero-order valence-electron chi connectivity index (χ0n) is 21.0. The van der Waals surface area contributed by atoms with Crippen molar-refractivity contribution >= 4 is 23.0 Å². The fourth-order valence-corrected chi connectivity index (χ4v) is 4.45. The van der Waals surface area contributed by atoms with E-state index in [4.69, 9.17) is 0 Å². The van der Waals surface area contributed by atoms with Crippen LogP contribution in [-0.4, -0.2) is 42.1 Å². The maximum absolute atomic E-state index is 13.1. The number of fused-ring (bicyclic) bond motifs is 1. The van der Waals surface area contributed by atoms with E-state index in [1.165, 1.54) is 12.1 Å². The molecule has 2 N–H and O–H groups in total. The van der Waals surface area contributed by atoms with Crippen molar-refractivity contribution in [1.29, 1.82) is 0 Å². The molecule has 5 rings (SSSR count). The minimum Gasteiger partial charge on any atom is -0.475 e. The maximum atomic E-state index is 13.1. The van der Waals surface area contributed by atoms with E-state index < -0.39 is 17.7 Å². The topological polar surface area (TPSA) is 106 Å². The SMILES string of the molecule is CC(C)c1ccnc(-c2nc3nc(C(=O)O)nc(NCC4CCC4)c3n2Cc2ccc(C(F)(F)F)cc2)c1. The zero-order chi connectivity index (χ0) is 27.0. The van der Waals surface area contributed by atoms with Gasteiger partial charge < -0.3 is 15.0 Å². The second-order valence-corrected chi connectivity index (χ2v) is 9.90. The van der Waals surface area contributed by atoms with Gasteiger partial charge in [-0.2, -0.15) is 13.2 Å². The van der Waals surface area contributed by atoms with Gasteiger partial charge in [-0.25, -0.2) is 19.7 Å². The molecule has 0 spiro atoms. The van der Waals surface area contributed by atoms with Crippen LogP contribution >= 0.6 is 0 Å². The Morgan fingerprint density at radius 2 is 1.87 bits per heavy atom. The molecule has 0 radical (unpaired) electrons. The highest BCUT2D eigenvalue weighted by Gasteiger charge is 2.30. The Morgan fingerprint density at radius 1 is 1.13 bits per heavy atom. The van der Waals surface area contributed by atoms with Crippen LogP contribution in [0.1, 0.15) is 66.3 Å². The third-order valence-corrected chi connectivity index (χ3v) is 6.88. The molecule has 1 aliphatic carbocycles. The summed E-state index contributed by atoms with van der Waals surface area (Å²) in [6.45, 7) is 4.88. The average molecular weight is 525 g/mol. The Labute approximate surface area is 217 Å². The van der Waals surface area contributed by atoms with Crippen molar-refractivity contribution in [3.05, 3.63) is 65.1 Å². The first kappa shape index (κ1) is 25.6. The van der Waals surface area contributed by atoms with Gasteiger partial charge in [-0.15, -0.1) is 0 Å². The highest BCUT2D eigenvalue weighted by molar-refractivity contribution is 5.92. The summed E-state index contributed by atoms with van der Waals surface area (Å²) in [5.74, 6) is -0.234. The molecule has 198 valence electrons. The monoisotopic (exact) mass is 524 g/mol. The van der Waals surface area contributed by atoms with Crippen LogP contribution < -0.4 is 5.32 Å². The number of benzene rings is 1. The highest BCUT2D eigenvalue weighted by atomic mass is 19.4. The van der Waals surface area contributed by atoms with Crippen LogP contribution in [0.2, 0.25) is 0 Å². The van der Waals surface area contributed by atoms with Crippen LogP contribution in [0.3, 0.4) is 0 Å². The number of imidazole rings is 1. The fourth-order valence-electron chi connectivity index (χ4n) is 4.45. The third kappa shape index (κ3) is 5.18. The molecular weight excluding hydrogens is 497 g/mol. The van der Waals surface area contributed by atoms with Crippen LogP contribution in [0.25, 0.3) is 22.7 Å². The number of hydrogen-bond acceptors (Lipinski definition) is 6. The molecule has 3 heterocycles. The van der Waals surface area contributed by atoms with Crippen molar-refractivity contribution in [1.82, 2.24) is 24.5 Å². The van der Waals surface area contributed by atoms with Gasteiger partial charge in [-0.1, -0.05) is 32.4 Å². The van der Waals surface area contributed by atoms with Crippen LogP contribution in [-0.2, 0) is 12.7 Å². The molecule has 0 unspecified atom stereocenters. The largest absolute Gasteiger partial charge is 0.475 e. The van der Waals surface area contributed by atoms with Crippen LogP contribution in [0.4, 0.5) is 19.0 Å². The molecule has 0 saturated heterocycles. The lowest BCUT2D eigenvalue weighted by atomic mass is 9.85. The van der Waals surface area contributed by atoms with Gasteiger partial charge in [0.25, 0.3) is 0 Å². The predicted octanol–water partition coefficient (Wildman–Crippen LogP) is 5.99. The molecule has 1 saturated carbocycles. The number of pyridine rings is 1. The number of nitrogens with one attached hydrogen (secondary N) is 1. The number of carbonyl (C=O) groups is 1. The summed E-state index contributed by atoms with van der Waals surface area (Å²) >= 11 is 0. The van der Waals surface area contributed by atoms with E-state index >= 15 is 0 Å². The van der Waals surface area contributed by atoms with E-state index in [1.54, 1.807) is 10.8 Å². The van der Waals surface area contributed by atoms with Gasteiger partial charge >= 0.3 is 12.1 Å². The number of carboxylic acids is 1. The molecule has 1 aromatic carbocycles. The Balaban J connectivity index is 1.67. The summed E-state index contributed by atoms with van der Waals surface area (Å²) in [5, 5.41) is 12.9. The van der Waals surface area contributed by atoms with Crippen molar-refractivity contribution in [2.24, 2.45) is 5.92 Å². The number of halogens is 3. The van der Waals surface area contributed by atoms with E-state index in [1.807, 2.05) is 12.1 Å². The number of alkyl halides is 3. The number of rotatable bonds is 8. The average Bonchev–Trinajstić information content (AvgIpc) is 3.21. The summed E-state index contributed by atoms with van der Waals surface area (Å²) in [5.41, 5.74) is 2.09. The Morgan fingerprint density at radius 3 is 2.47 bits per heavy atom. The lowest BCUT2D eigenvalue weighted by molar-refractivity contribution is -0.137. The highest BCUT2D eigenvalue weighted by Crippen LogP contribution is 2.33. The molecule has 0 amide bonds. The summed E-state index contributed by atoms with van der Waals surface area (Å²) in [7, 11) is 0. The summed E-state index contributed by atoms with van der Waals surface area (Å²) < 4.78 is 41.2. The minimum absolute atomic E-state index is 0.158. The lowest BCUT2D eigenvalue weighted by Gasteiger charge is -2.25. The standard InChI is InChI=1S/C27H27F3N6O2/c1-15(2)18-10-11-31-20(12-18)25-35-23-21(36(25)14-17-6-8-19(9-7-17)27(28,29)30)22(32-13-16-4-3-5-16)33-24(34-23)26(37)38/h6-12,15-16H,3-5,13-14H2,1-2H3,(H,37,38)(H,32,33,34). The van der Waals surface area contributed by atoms with E-state index in [9.17, 15) is 23.1 Å². The van der Waals surface area contributed by atoms with Gasteiger partial charge in [0.15, 0.2) is 17.3 Å². The van der Waals surface area contributed by atoms with Gasteiger partial charge in [0.05, 0.1) is 5.56 Å². The number of hydrogen-bond donors (Lipinski definition) is 2. The molecule has 0 atom stereocenters. The first-order chi connectivity index (χ1) is 18.1. The van der Waals surface area contributed by atoms with E-state index in [2.05, 4.69) is 39.1 Å². The Kier molecular flexibility index (Phi) is 6.77. The molecule has 0 bridgehead atoms. The number of anilines is 1. The molecule has 8 nitrogen and oxygen atoms in total. The van der Waals surface area contributed by atoms with Crippen molar-refractivity contribution in [3.63, 3.8) is 0 Å². The van der Waals surface area contributed by atoms with Gasteiger partial charge in [0.1, 0.15) is 11.2 Å². The first-order valence-corrected chi connectivity index (χ1v) is 12.5. The molecule has 38 heavy (non-hydrogen) atoms. The molecular formula is C27H27F3N6O2. The van der Waals surface area contributed by atoms with E-state index in [0.717, 1.165) is 37.0 Å². The lowest BCUT2D eigenvalue weighted by Crippen LogP contribution is -2.22. The molecule has 3 aromatic heterocycles. The van der Waals surface area contributed by atoms with E-state index in [-0.39, 0.29) is 23.9 Å². The second kappa shape index (κ2) is 10.0. The number of aromatic nitrogens is 5. The van der Waals surface area contributed by atoms with Crippen molar-refractivity contribution < 1.29 is 23.1 Å². The van der Waals surface area contributed by atoms with Gasteiger partial charge in [0.2, 0.25) is 5.82 Å². The summed E-state index contributed by atoms with van der Waals surface area (Å²) in [6.07, 6.45) is 0.548. The summed E-state index contributed by atoms with van der Waals surface area (Å²) in [6, 6.07) is 8.74. The Hall–Kier alpha value is -4.02. The van der Waals surface area contributed by atoms with Crippen LogP contribution in [0.5, 0.6) is 0 Å². The normalized spacial score (nSPS) is 14.2. The van der Waals surface area contributed by atoms with Gasteiger partial charge in [0, 0.05) is 19.3 Å². The van der Waals surface area contributed by atoms with Crippen molar-refractivity contribution in [2.45, 2.75) is 51.7 Å². The molecule has 0 aliphatic heterocycles. The second-order valence-electron chi connectivity index (χ2n) is 9.90. The van der Waals surface area contributed by atoms with Crippen molar-refractivity contribution in [3.8, 4) is 11.5 Å². The molecule has 1 aliphatic rings. The molecule has 1 fully saturated rings. The molecule has 11 heteroatoms. The minimum atomic E-state index is -4.44. The van der Waals surface area contributed by atoms with Crippen LogP contribution in [0.15, 0.2) is 42.6 Å². The van der Waals surface area contributed by atoms with Gasteiger partial charge in [-0.3, -0.25) is 4.98 Å². The number of carboxylic acid groups (broad SMARTS) is 1. The number of nitrogens with zero attached hydrogens (tertiary/aromatic N) is 5. The van der Waals surface area contributed by atoms with Crippen LogP contribution in [0, 0.1) is 5.92 Å². The zero-order valence-corrected chi connectivity index (χ0v) is 21.0. The maximum Gasteiger partial charge on any atom is 0.416 e.